The number of carboxylic acid groups (broad SMARTS) is 1. The summed E-state index contributed by atoms with van der Waals surface area (Å²) in [5.74, 6) is -0.664. The molecule has 0 radical (unpaired) electrons. The Labute approximate surface area is 187 Å². The number of nitrogens with one attached hydrogen (secondary N) is 1. The van der Waals surface area contributed by atoms with Gasteiger partial charge in [-0.25, -0.2) is 0 Å². The Balaban J connectivity index is 0.000000361. The van der Waals surface area contributed by atoms with Gasteiger partial charge in [0, 0.05) is 18.0 Å². The summed E-state index contributed by atoms with van der Waals surface area (Å²) in [5, 5.41) is 9.57. The standard InChI is InChI=1S/C18H34O2.C9H7NO/c1-2-3-4-5-6-7-8-9-10-11-12-13-14-15-16-17-18(19)20;11-9-6-5-7-3-1-2-4-8(7)10-9/h9-10H,2-8,11-17H2,1H3,(H,19,20);1-6H,(H,10,11)/b10-9+;. The largest absolute Gasteiger partial charge is 0.481 e. The lowest BCUT2D eigenvalue weighted by Gasteiger charge is -1.99. The maximum atomic E-state index is 10.8. The third-order valence-corrected chi connectivity index (χ3v) is 5.29. The number of aliphatic carboxylic acids is 1. The van der Waals surface area contributed by atoms with Crippen LogP contribution in [0.5, 0.6) is 0 Å². The summed E-state index contributed by atoms with van der Waals surface area (Å²) in [6.45, 7) is 2.26. The van der Waals surface area contributed by atoms with Crippen molar-refractivity contribution in [3.63, 3.8) is 0 Å². The number of benzene rings is 1. The molecule has 4 heteroatoms. The highest BCUT2D eigenvalue weighted by molar-refractivity contribution is 5.77. The predicted molar refractivity (Wildman–Crippen MR) is 132 cm³/mol. The van der Waals surface area contributed by atoms with E-state index in [9.17, 15) is 9.59 Å². The minimum atomic E-state index is -0.664. The third kappa shape index (κ3) is 15.1. The molecule has 0 unspecified atom stereocenters. The molecule has 1 aromatic carbocycles. The average Bonchev–Trinajstić information content (AvgIpc) is 2.76. The number of carbonyl (C=O) groups is 1. The Morgan fingerprint density at radius 1 is 0.806 bits per heavy atom. The number of para-hydroxylation sites is 1. The maximum absolute atomic E-state index is 10.8. The number of allylic oxidation sites excluding steroid dienone is 2. The number of rotatable bonds is 15. The third-order valence-electron chi connectivity index (χ3n) is 5.29. The van der Waals surface area contributed by atoms with Gasteiger partial charge in [-0.1, -0.05) is 88.6 Å². The van der Waals surface area contributed by atoms with Gasteiger partial charge >= 0.3 is 5.97 Å². The van der Waals surface area contributed by atoms with E-state index >= 15 is 0 Å². The quantitative estimate of drug-likeness (QED) is 0.227. The molecule has 4 nitrogen and oxygen atoms in total. The second-order valence-corrected chi connectivity index (χ2v) is 8.14. The number of pyridine rings is 1. The highest BCUT2D eigenvalue weighted by Gasteiger charge is 1.96. The molecule has 0 aliphatic heterocycles. The van der Waals surface area contributed by atoms with Crippen LogP contribution in [0.15, 0.2) is 53.3 Å². The van der Waals surface area contributed by atoms with E-state index < -0.39 is 5.97 Å². The zero-order valence-electron chi connectivity index (χ0n) is 19.3. The number of aromatic amines is 1. The summed E-state index contributed by atoms with van der Waals surface area (Å²) in [4.78, 5) is 23.9. The molecular formula is C27H41NO3. The highest BCUT2D eigenvalue weighted by Crippen LogP contribution is 2.10. The highest BCUT2D eigenvalue weighted by atomic mass is 16.4. The summed E-state index contributed by atoms with van der Waals surface area (Å²) >= 11 is 0. The molecule has 0 spiro atoms. The molecule has 172 valence electrons. The molecular weight excluding hydrogens is 386 g/mol. The van der Waals surface area contributed by atoms with Gasteiger partial charge < -0.3 is 10.1 Å². The van der Waals surface area contributed by atoms with Gasteiger partial charge in [0.05, 0.1) is 0 Å². The monoisotopic (exact) mass is 427 g/mol. The zero-order valence-corrected chi connectivity index (χ0v) is 19.3. The van der Waals surface area contributed by atoms with Crippen molar-refractivity contribution in [2.45, 2.75) is 96.8 Å². The van der Waals surface area contributed by atoms with Crippen LogP contribution in [-0.4, -0.2) is 16.1 Å². The number of carboxylic acids is 1. The van der Waals surface area contributed by atoms with Crippen molar-refractivity contribution >= 4 is 16.9 Å². The van der Waals surface area contributed by atoms with Crippen LogP contribution in [0.2, 0.25) is 0 Å². The average molecular weight is 428 g/mol. The van der Waals surface area contributed by atoms with Crippen LogP contribution in [0.3, 0.4) is 0 Å². The molecule has 31 heavy (non-hydrogen) atoms. The molecule has 0 fully saturated rings. The number of H-pyrrole nitrogens is 1. The molecule has 0 aliphatic carbocycles. The summed E-state index contributed by atoms with van der Waals surface area (Å²) < 4.78 is 0. The minimum absolute atomic E-state index is 0.0521. The Bertz CT molecular complexity index is 794. The van der Waals surface area contributed by atoms with Gasteiger partial charge in [-0.05, 0) is 49.6 Å². The van der Waals surface area contributed by atoms with Gasteiger partial charge in [0.15, 0.2) is 0 Å². The number of unbranched alkanes of at least 4 members (excludes halogenated alkanes) is 11. The second-order valence-electron chi connectivity index (χ2n) is 8.14. The first kappa shape index (κ1) is 26.7. The number of hydrogen-bond donors (Lipinski definition) is 2. The van der Waals surface area contributed by atoms with E-state index in [1.807, 2.05) is 30.3 Å². The predicted octanol–water partition coefficient (Wildman–Crippen LogP) is 7.64. The van der Waals surface area contributed by atoms with E-state index in [4.69, 9.17) is 5.11 Å². The molecule has 1 aromatic heterocycles. The van der Waals surface area contributed by atoms with Crippen molar-refractivity contribution in [1.29, 1.82) is 0 Å². The van der Waals surface area contributed by atoms with Crippen molar-refractivity contribution in [3.8, 4) is 0 Å². The van der Waals surface area contributed by atoms with Gasteiger partial charge in [0.25, 0.3) is 0 Å². The Kier molecular flexibility index (Phi) is 15.8. The van der Waals surface area contributed by atoms with Crippen LogP contribution in [0.1, 0.15) is 96.8 Å². The van der Waals surface area contributed by atoms with Crippen LogP contribution >= 0.6 is 0 Å². The van der Waals surface area contributed by atoms with E-state index in [1.54, 1.807) is 0 Å². The lowest BCUT2D eigenvalue weighted by Crippen LogP contribution is -2.01. The molecule has 0 amide bonds. The summed E-state index contributed by atoms with van der Waals surface area (Å²) in [5.41, 5.74) is 0.837. The summed E-state index contributed by atoms with van der Waals surface area (Å²) in [6, 6.07) is 11.0. The van der Waals surface area contributed by atoms with Crippen LogP contribution in [0, 0.1) is 0 Å². The molecule has 2 aromatic rings. The number of fused-ring (bicyclic) bond motifs is 1. The first-order valence-corrected chi connectivity index (χ1v) is 12.1. The van der Waals surface area contributed by atoms with Gasteiger partial charge in [-0.15, -0.1) is 0 Å². The second kappa shape index (κ2) is 18.4. The van der Waals surface area contributed by atoms with E-state index in [2.05, 4.69) is 24.1 Å². The number of hydrogen-bond acceptors (Lipinski definition) is 2. The molecule has 0 saturated carbocycles. The van der Waals surface area contributed by atoms with E-state index in [1.165, 1.54) is 76.7 Å². The topological polar surface area (TPSA) is 70.2 Å². The Hall–Kier alpha value is -2.36. The summed E-state index contributed by atoms with van der Waals surface area (Å²) in [7, 11) is 0. The lowest BCUT2D eigenvalue weighted by atomic mass is 10.1. The fraction of sp³-hybridized carbons (Fsp3) is 0.556. The first-order chi connectivity index (χ1) is 15.1. The molecule has 1 heterocycles. The van der Waals surface area contributed by atoms with Gasteiger partial charge in [-0.3, -0.25) is 9.59 Å². The number of aromatic nitrogens is 1. The normalized spacial score (nSPS) is 10.9. The molecule has 2 N–H and O–H groups in total. The zero-order chi connectivity index (χ0) is 22.6. The summed E-state index contributed by atoms with van der Waals surface area (Å²) in [6.07, 6.45) is 21.2. The Morgan fingerprint density at radius 3 is 2.03 bits per heavy atom. The fourth-order valence-corrected chi connectivity index (χ4v) is 3.44. The molecule has 0 bridgehead atoms. The van der Waals surface area contributed by atoms with E-state index in [0.717, 1.165) is 23.7 Å². The lowest BCUT2D eigenvalue weighted by molar-refractivity contribution is -0.137. The molecule has 0 atom stereocenters. The van der Waals surface area contributed by atoms with Crippen molar-refractivity contribution < 1.29 is 9.90 Å². The minimum Gasteiger partial charge on any atom is -0.481 e. The van der Waals surface area contributed by atoms with Crippen LogP contribution < -0.4 is 5.56 Å². The van der Waals surface area contributed by atoms with Crippen molar-refractivity contribution in [3.05, 3.63) is 58.9 Å². The van der Waals surface area contributed by atoms with Crippen LogP contribution in [0.25, 0.3) is 10.9 Å². The maximum Gasteiger partial charge on any atom is 0.303 e. The van der Waals surface area contributed by atoms with Crippen molar-refractivity contribution in [1.82, 2.24) is 4.98 Å². The Morgan fingerprint density at radius 2 is 1.39 bits per heavy atom. The van der Waals surface area contributed by atoms with Gasteiger partial charge in [0.1, 0.15) is 0 Å². The smallest absolute Gasteiger partial charge is 0.303 e. The first-order valence-electron chi connectivity index (χ1n) is 12.1. The van der Waals surface area contributed by atoms with Crippen molar-refractivity contribution in [2.24, 2.45) is 0 Å². The molecule has 0 aliphatic rings. The van der Waals surface area contributed by atoms with Gasteiger partial charge in [-0.2, -0.15) is 0 Å². The molecule has 0 saturated heterocycles. The van der Waals surface area contributed by atoms with Gasteiger partial charge in [0.2, 0.25) is 5.56 Å². The van der Waals surface area contributed by atoms with E-state index in [0.29, 0.717) is 6.42 Å². The fourth-order valence-electron chi connectivity index (χ4n) is 3.44. The van der Waals surface area contributed by atoms with Crippen LogP contribution in [0.4, 0.5) is 0 Å². The SMILES string of the molecule is CCCCCCCC/C=C/CCCCCCCC(=O)O.O=c1ccc2ccccc2[nH]1. The van der Waals surface area contributed by atoms with Crippen molar-refractivity contribution in [2.75, 3.05) is 0 Å². The van der Waals surface area contributed by atoms with E-state index in [-0.39, 0.29) is 5.56 Å². The van der Waals surface area contributed by atoms with Crippen LogP contribution in [-0.2, 0) is 4.79 Å². The molecule has 2 rings (SSSR count).